The molecule has 1 aliphatic heterocycles. The number of nitrogens with one attached hydrogen (secondary N) is 1. The van der Waals surface area contributed by atoms with E-state index in [1.54, 1.807) is 4.31 Å². The molecule has 2 heterocycles. The average molecular weight is 289 g/mol. The lowest BCUT2D eigenvalue weighted by molar-refractivity contribution is 0.265. The first-order valence-corrected chi connectivity index (χ1v) is 8.48. The van der Waals surface area contributed by atoms with E-state index in [-0.39, 0.29) is 12.6 Å². The third-order valence-corrected chi connectivity index (χ3v) is 5.76. The van der Waals surface area contributed by atoms with Crippen molar-refractivity contribution in [1.29, 1.82) is 0 Å². The van der Waals surface area contributed by atoms with E-state index in [1.165, 1.54) is 11.3 Å². The topological polar surface area (TPSA) is 62.3 Å². The van der Waals surface area contributed by atoms with Crippen LogP contribution in [0.5, 0.6) is 0 Å². The summed E-state index contributed by atoms with van der Waals surface area (Å²) in [7, 11) is -3.37. The largest absolute Gasteiger partial charge is 0.280 e. The van der Waals surface area contributed by atoms with Crippen molar-refractivity contribution in [3.8, 4) is 0 Å². The Balaban J connectivity index is 1.98. The smallest absolute Gasteiger partial charge is 0.245 e. The maximum absolute atomic E-state index is 12.2. The highest BCUT2D eigenvalue weighted by Gasteiger charge is 2.29. The van der Waals surface area contributed by atoms with Gasteiger partial charge in [-0.15, -0.1) is 11.3 Å². The van der Waals surface area contributed by atoms with Gasteiger partial charge >= 0.3 is 0 Å². The Hall–Kier alpha value is -0.500. The second-order valence-corrected chi connectivity index (χ2v) is 7.31. The Labute approximate surface area is 112 Å². The van der Waals surface area contributed by atoms with Crippen LogP contribution in [0, 0.1) is 6.92 Å². The Kier molecular flexibility index (Phi) is 4.37. The molecule has 0 bridgehead atoms. The molecule has 0 saturated carbocycles. The molecule has 1 atom stereocenters. The first-order chi connectivity index (χ1) is 8.49. The van der Waals surface area contributed by atoms with Gasteiger partial charge in [-0.1, -0.05) is 6.42 Å². The molecule has 0 radical (unpaired) electrons. The van der Waals surface area contributed by atoms with Gasteiger partial charge in [0.25, 0.3) is 10.2 Å². The van der Waals surface area contributed by atoms with Crippen molar-refractivity contribution >= 4 is 21.5 Å². The minimum absolute atomic E-state index is 0.0919. The normalized spacial score (nSPS) is 22.2. The van der Waals surface area contributed by atoms with Gasteiger partial charge in [0.05, 0.1) is 6.54 Å². The van der Waals surface area contributed by atoms with Crippen molar-refractivity contribution in [1.82, 2.24) is 14.0 Å². The molecular formula is C11H19N3O2S2. The number of thiazole rings is 1. The molecule has 1 saturated heterocycles. The summed E-state index contributed by atoms with van der Waals surface area (Å²) in [6.45, 7) is 4.77. The van der Waals surface area contributed by atoms with Gasteiger partial charge < -0.3 is 0 Å². The third-order valence-electron chi connectivity index (χ3n) is 3.12. The number of rotatable bonds is 4. The molecule has 0 aromatic carbocycles. The van der Waals surface area contributed by atoms with Crippen molar-refractivity contribution in [2.75, 3.05) is 6.54 Å². The van der Waals surface area contributed by atoms with Gasteiger partial charge in [0.1, 0.15) is 5.01 Å². The number of aryl methyl sites for hydroxylation is 1. The van der Waals surface area contributed by atoms with Gasteiger partial charge in [-0.3, -0.25) is 0 Å². The molecule has 7 heteroatoms. The highest BCUT2D eigenvalue weighted by atomic mass is 32.2. The highest BCUT2D eigenvalue weighted by Crippen LogP contribution is 2.19. The summed E-state index contributed by atoms with van der Waals surface area (Å²) in [6, 6.07) is 0.0919. The summed E-state index contributed by atoms with van der Waals surface area (Å²) in [6.07, 6.45) is 3.00. The van der Waals surface area contributed by atoms with Gasteiger partial charge in [-0.2, -0.15) is 17.4 Å². The van der Waals surface area contributed by atoms with Crippen LogP contribution in [0.4, 0.5) is 0 Å². The Morgan fingerprint density at radius 3 is 2.94 bits per heavy atom. The maximum Gasteiger partial charge on any atom is 0.280 e. The number of hydrogen-bond donors (Lipinski definition) is 1. The van der Waals surface area contributed by atoms with E-state index in [1.807, 2.05) is 19.2 Å². The van der Waals surface area contributed by atoms with E-state index in [9.17, 15) is 8.42 Å². The quantitative estimate of drug-likeness (QED) is 0.917. The zero-order chi connectivity index (χ0) is 13.2. The molecule has 0 aliphatic carbocycles. The fourth-order valence-electron chi connectivity index (χ4n) is 2.15. The van der Waals surface area contributed by atoms with Crippen molar-refractivity contribution in [2.24, 2.45) is 0 Å². The Morgan fingerprint density at radius 1 is 1.56 bits per heavy atom. The lowest BCUT2D eigenvalue weighted by Gasteiger charge is -2.32. The summed E-state index contributed by atoms with van der Waals surface area (Å²) in [5, 5.41) is 2.73. The van der Waals surface area contributed by atoms with Crippen LogP contribution in [0.15, 0.2) is 5.38 Å². The fourth-order valence-corrected chi connectivity index (χ4v) is 4.39. The van der Waals surface area contributed by atoms with E-state index < -0.39 is 10.2 Å². The number of nitrogens with zero attached hydrogens (tertiary/aromatic N) is 2. The van der Waals surface area contributed by atoms with Crippen LogP contribution < -0.4 is 4.72 Å². The van der Waals surface area contributed by atoms with Gasteiger partial charge in [-0.25, -0.2) is 4.98 Å². The van der Waals surface area contributed by atoms with Crippen molar-refractivity contribution in [3.63, 3.8) is 0 Å². The van der Waals surface area contributed by atoms with Crippen LogP contribution >= 0.6 is 11.3 Å². The summed E-state index contributed by atoms with van der Waals surface area (Å²) in [4.78, 5) is 4.25. The molecule has 1 N–H and O–H groups in total. The predicted molar refractivity (Wildman–Crippen MR) is 72.6 cm³/mol. The average Bonchev–Trinajstić information content (AvgIpc) is 2.73. The highest BCUT2D eigenvalue weighted by molar-refractivity contribution is 7.87. The molecule has 1 aromatic heterocycles. The zero-order valence-electron chi connectivity index (χ0n) is 10.7. The SMILES string of the molecule is Cc1csc(CNS(=O)(=O)N2CCCCC2C)n1. The summed E-state index contributed by atoms with van der Waals surface area (Å²) < 4.78 is 28.5. The second kappa shape index (κ2) is 5.64. The van der Waals surface area contributed by atoms with Crippen molar-refractivity contribution in [2.45, 2.75) is 45.7 Å². The summed E-state index contributed by atoms with van der Waals surface area (Å²) in [5.41, 5.74) is 0.931. The van der Waals surface area contributed by atoms with Crippen LogP contribution in [0.25, 0.3) is 0 Å². The lowest BCUT2D eigenvalue weighted by atomic mass is 10.1. The minimum Gasteiger partial charge on any atom is -0.245 e. The first-order valence-electron chi connectivity index (χ1n) is 6.16. The molecule has 0 amide bonds. The molecule has 1 aliphatic rings. The Morgan fingerprint density at radius 2 is 2.33 bits per heavy atom. The van der Waals surface area contributed by atoms with Gasteiger partial charge in [0.15, 0.2) is 0 Å². The van der Waals surface area contributed by atoms with Crippen LogP contribution in [0.3, 0.4) is 0 Å². The monoisotopic (exact) mass is 289 g/mol. The van der Waals surface area contributed by atoms with E-state index in [0.29, 0.717) is 6.54 Å². The van der Waals surface area contributed by atoms with E-state index in [2.05, 4.69) is 9.71 Å². The molecule has 102 valence electrons. The third kappa shape index (κ3) is 3.28. The Bertz CT molecular complexity index is 498. The maximum atomic E-state index is 12.2. The number of aromatic nitrogens is 1. The standard InChI is InChI=1S/C11H19N3O2S2/c1-9-8-17-11(13-9)7-12-18(15,16)14-6-4-3-5-10(14)2/h8,10,12H,3-7H2,1-2H3. The zero-order valence-corrected chi connectivity index (χ0v) is 12.4. The predicted octanol–water partition coefficient (Wildman–Crippen LogP) is 1.66. The molecule has 1 unspecified atom stereocenters. The molecular weight excluding hydrogens is 270 g/mol. The number of hydrogen-bond acceptors (Lipinski definition) is 4. The lowest BCUT2D eigenvalue weighted by Crippen LogP contribution is -2.47. The minimum atomic E-state index is -3.37. The molecule has 0 spiro atoms. The van der Waals surface area contributed by atoms with Crippen LogP contribution in [0.2, 0.25) is 0 Å². The van der Waals surface area contributed by atoms with Crippen LogP contribution in [0.1, 0.15) is 36.9 Å². The van der Waals surface area contributed by atoms with Gasteiger partial charge in [0, 0.05) is 23.7 Å². The first kappa shape index (κ1) is 13.9. The molecule has 2 rings (SSSR count). The molecule has 5 nitrogen and oxygen atoms in total. The molecule has 1 aromatic rings. The van der Waals surface area contributed by atoms with Gasteiger partial charge in [0.2, 0.25) is 0 Å². The van der Waals surface area contributed by atoms with E-state index >= 15 is 0 Å². The van der Waals surface area contributed by atoms with Crippen molar-refractivity contribution < 1.29 is 8.42 Å². The molecule has 18 heavy (non-hydrogen) atoms. The van der Waals surface area contributed by atoms with E-state index in [4.69, 9.17) is 0 Å². The van der Waals surface area contributed by atoms with Crippen LogP contribution in [-0.4, -0.2) is 30.3 Å². The van der Waals surface area contributed by atoms with Crippen molar-refractivity contribution in [3.05, 3.63) is 16.1 Å². The van der Waals surface area contributed by atoms with Crippen LogP contribution in [-0.2, 0) is 16.8 Å². The van der Waals surface area contributed by atoms with E-state index in [0.717, 1.165) is 30.0 Å². The second-order valence-electron chi connectivity index (χ2n) is 4.66. The number of piperidine rings is 1. The molecule has 1 fully saturated rings. The fraction of sp³-hybridized carbons (Fsp3) is 0.727. The summed E-state index contributed by atoms with van der Waals surface area (Å²) in [5.74, 6) is 0. The summed E-state index contributed by atoms with van der Waals surface area (Å²) >= 11 is 1.48. The van der Waals surface area contributed by atoms with Gasteiger partial charge in [-0.05, 0) is 26.7 Å².